The summed E-state index contributed by atoms with van der Waals surface area (Å²) in [6.45, 7) is 5.27. The lowest BCUT2D eigenvalue weighted by Crippen LogP contribution is -2.37. The number of benzene rings is 2. The highest BCUT2D eigenvalue weighted by atomic mass is 16.4. The number of hydrogen-bond donors (Lipinski definition) is 2. The number of para-hydroxylation sites is 1. The molecule has 138 valence electrons. The lowest BCUT2D eigenvalue weighted by molar-refractivity contribution is -0.143. The van der Waals surface area contributed by atoms with Gasteiger partial charge < -0.3 is 15.1 Å². The number of aliphatic hydroxyl groups is 1. The fourth-order valence-corrected chi connectivity index (χ4v) is 3.67. The van der Waals surface area contributed by atoms with Crippen molar-refractivity contribution >= 4 is 11.7 Å². The van der Waals surface area contributed by atoms with Crippen LogP contribution in [0.2, 0.25) is 0 Å². The molecule has 1 heterocycles. The molecule has 2 N–H and O–H groups in total. The van der Waals surface area contributed by atoms with Crippen LogP contribution in [0.3, 0.4) is 0 Å². The summed E-state index contributed by atoms with van der Waals surface area (Å²) in [6, 6.07) is 14.9. The number of rotatable bonds is 5. The average Bonchev–Trinajstić information content (AvgIpc) is 2.89. The van der Waals surface area contributed by atoms with E-state index >= 15 is 0 Å². The highest BCUT2D eigenvalue weighted by Crippen LogP contribution is 2.26. The predicted octanol–water partition coefficient (Wildman–Crippen LogP) is 2.83. The lowest BCUT2D eigenvalue weighted by atomic mass is 10.0. The van der Waals surface area contributed by atoms with Gasteiger partial charge in [0.15, 0.2) is 0 Å². The number of carbonyl (C=O) groups is 1. The zero-order valence-corrected chi connectivity index (χ0v) is 15.1. The van der Waals surface area contributed by atoms with E-state index in [1.165, 1.54) is 11.3 Å². The molecule has 1 fully saturated rings. The number of carboxylic acid groups (broad SMARTS) is 1. The Morgan fingerprint density at radius 2 is 1.77 bits per heavy atom. The van der Waals surface area contributed by atoms with Gasteiger partial charge in [0.25, 0.3) is 0 Å². The third-order valence-corrected chi connectivity index (χ3v) is 5.06. The van der Waals surface area contributed by atoms with Crippen LogP contribution in [-0.4, -0.2) is 47.3 Å². The Labute approximate surface area is 154 Å². The molecule has 3 rings (SSSR count). The van der Waals surface area contributed by atoms with Gasteiger partial charge in [0.05, 0.1) is 6.61 Å². The smallest absolute Gasteiger partial charge is 0.325 e. The number of aryl methyl sites for hydroxylation is 1. The predicted molar refractivity (Wildman–Crippen MR) is 102 cm³/mol. The summed E-state index contributed by atoms with van der Waals surface area (Å²) in [7, 11) is 0. The Morgan fingerprint density at radius 1 is 1.04 bits per heavy atom. The summed E-state index contributed by atoms with van der Waals surface area (Å²) in [5, 5.41) is 19.0. The Kier molecular flexibility index (Phi) is 5.91. The molecule has 26 heavy (non-hydrogen) atoms. The minimum Gasteiger partial charge on any atom is -0.480 e. The molecule has 0 saturated carbocycles. The topological polar surface area (TPSA) is 64.0 Å². The Balaban J connectivity index is 1.77. The van der Waals surface area contributed by atoms with Crippen LogP contribution in [0, 0.1) is 6.92 Å². The van der Waals surface area contributed by atoms with E-state index in [0.717, 1.165) is 37.2 Å². The van der Waals surface area contributed by atoms with Crippen molar-refractivity contribution in [1.29, 1.82) is 0 Å². The van der Waals surface area contributed by atoms with E-state index < -0.39 is 12.0 Å². The highest BCUT2D eigenvalue weighted by molar-refractivity contribution is 5.75. The summed E-state index contributed by atoms with van der Waals surface area (Å²) >= 11 is 0. The van der Waals surface area contributed by atoms with Crippen molar-refractivity contribution in [3.8, 4) is 0 Å². The fraction of sp³-hybridized carbons (Fsp3) is 0.381. The standard InChI is InChI=1S/C21H26N2O3/c1-16-5-2-3-6-19(16)22-11-4-12-23(14-13-22)20(21(25)26)18-9-7-17(15-24)8-10-18/h2-3,5-10,20,24H,4,11-15H2,1H3,(H,25,26)/t20-/m0/s1. The van der Waals surface area contributed by atoms with Crippen LogP contribution in [0.15, 0.2) is 48.5 Å². The largest absolute Gasteiger partial charge is 0.480 e. The first kappa shape index (κ1) is 18.4. The molecular formula is C21H26N2O3. The molecule has 0 aromatic heterocycles. The van der Waals surface area contributed by atoms with Crippen molar-refractivity contribution in [2.75, 3.05) is 31.1 Å². The maximum absolute atomic E-state index is 12.0. The number of nitrogens with zero attached hydrogens (tertiary/aromatic N) is 2. The second-order valence-corrected chi connectivity index (χ2v) is 6.80. The normalized spacial score (nSPS) is 16.9. The second-order valence-electron chi connectivity index (χ2n) is 6.80. The van der Waals surface area contributed by atoms with Gasteiger partial charge in [-0.05, 0) is 36.1 Å². The molecule has 0 unspecified atom stereocenters. The van der Waals surface area contributed by atoms with Crippen molar-refractivity contribution in [3.63, 3.8) is 0 Å². The van der Waals surface area contributed by atoms with Crippen LogP contribution < -0.4 is 4.90 Å². The molecule has 2 aromatic rings. The van der Waals surface area contributed by atoms with Gasteiger partial charge in [0, 0.05) is 31.9 Å². The molecule has 5 heteroatoms. The summed E-state index contributed by atoms with van der Waals surface area (Å²) in [4.78, 5) is 16.4. The minimum absolute atomic E-state index is 0.0346. The summed E-state index contributed by atoms with van der Waals surface area (Å²) in [6.07, 6.45) is 0.923. The van der Waals surface area contributed by atoms with Crippen molar-refractivity contribution < 1.29 is 15.0 Å². The van der Waals surface area contributed by atoms with Crippen LogP contribution >= 0.6 is 0 Å². The first-order valence-corrected chi connectivity index (χ1v) is 9.07. The Hall–Kier alpha value is -2.37. The van der Waals surface area contributed by atoms with Crippen LogP contribution in [0.5, 0.6) is 0 Å². The molecule has 1 aliphatic rings. The lowest BCUT2D eigenvalue weighted by Gasteiger charge is -2.28. The zero-order valence-electron chi connectivity index (χ0n) is 15.1. The maximum Gasteiger partial charge on any atom is 0.325 e. The quantitative estimate of drug-likeness (QED) is 0.864. The molecule has 1 atom stereocenters. The highest BCUT2D eigenvalue weighted by Gasteiger charge is 2.29. The third kappa shape index (κ3) is 4.06. The van der Waals surface area contributed by atoms with E-state index in [2.05, 4.69) is 28.9 Å². The van der Waals surface area contributed by atoms with Gasteiger partial charge >= 0.3 is 5.97 Å². The summed E-state index contributed by atoms with van der Waals surface area (Å²) in [5.41, 5.74) is 4.03. The average molecular weight is 354 g/mol. The second kappa shape index (κ2) is 8.34. The Morgan fingerprint density at radius 3 is 2.42 bits per heavy atom. The number of aliphatic carboxylic acids is 1. The van der Waals surface area contributed by atoms with Crippen molar-refractivity contribution in [2.45, 2.75) is 26.0 Å². The van der Waals surface area contributed by atoms with Gasteiger partial charge in [-0.3, -0.25) is 9.69 Å². The van der Waals surface area contributed by atoms with Gasteiger partial charge in [0.2, 0.25) is 0 Å². The molecule has 0 bridgehead atoms. The molecule has 0 radical (unpaired) electrons. The first-order chi connectivity index (χ1) is 12.6. The van der Waals surface area contributed by atoms with E-state index in [1.807, 2.05) is 24.3 Å². The van der Waals surface area contributed by atoms with Crippen LogP contribution in [0.4, 0.5) is 5.69 Å². The number of anilines is 1. The first-order valence-electron chi connectivity index (χ1n) is 9.07. The molecule has 5 nitrogen and oxygen atoms in total. The van der Waals surface area contributed by atoms with Crippen molar-refractivity contribution in [3.05, 3.63) is 65.2 Å². The summed E-state index contributed by atoms with van der Waals surface area (Å²) < 4.78 is 0. The number of hydrogen-bond acceptors (Lipinski definition) is 4. The van der Waals surface area contributed by atoms with E-state index in [9.17, 15) is 15.0 Å². The van der Waals surface area contributed by atoms with E-state index in [1.54, 1.807) is 12.1 Å². The summed E-state index contributed by atoms with van der Waals surface area (Å²) in [5.74, 6) is -0.828. The molecule has 1 saturated heterocycles. The maximum atomic E-state index is 12.0. The monoisotopic (exact) mass is 354 g/mol. The molecule has 1 aliphatic heterocycles. The molecule has 0 aliphatic carbocycles. The van der Waals surface area contributed by atoms with Crippen LogP contribution in [0.25, 0.3) is 0 Å². The van der Waals surface area contributed by atoms with E-state index in [-0.39, 0.29) is 6.61 Å². The van der Waals surface area contributed by atoms with E-state index in [0.29, 0.717) is 6.54 Å². The van der Waals surface area contributed by atoms with Crippen molar-refractivity contribution in [1.82, 2.24) is 4.90 Å². The van der Waals surface area contributed by atoms with Crippen LogP contribution in [0.1, 0.15) is 29.2 Å². The van der Waals surface area contributed by atoms with Gasteiger partial charge in [-0.15, -0.1) is 0 Å². The van der Waals surface area contributed by atoms with Crippen molar-refractivity contribution in [2.24, 2.45) is 0 Å². The number of carboxylic acids is 1. The minimum atomic E-state index is -0.828. The third-order valence-electron chi connectivity index (χ3n) is 5.06. The van der Waals surface area contributed by atoms with Gasteiger partial charge in [-0.2, -0.15) is 0 Å². The molecule has 0 amide bonds. The van der Waals surface area contributed by atoms with Crippen LogP contribution in [-0.2, 0) is 11.4 Å². The molecule has 0 spiro atoms. The van der Waals surface area contributed by atoms with Gasteiger partial charge in [0.1, 0.15) is 6.04 Å². The number of aliphatic hydroxyl groups excluding tert-OH is 1. The zero-order chi connectivity index (χ0) is 18.5. The van der Waals surface area contributed by atoms with E-state index in [4.69, 9.17) is 0 Å². The molecule has 2 aromatic carbocycles. The SMILES string of the molecule is Cc1ccccc1N1CCCN([C@H](C(=O)O)c2ccc(CO)cc2)CC1. The van der Waals surface area contributed by atoms with Gasteiger partial charge in [-0.1, -0.05) is 42.5 Å². The molecular weight excluding hydrogens is 328 g/mol. The fourth-order valence-electron chi connectivity index (χ4n) is 3.67. The van der Waals surface area contributed by atoms with Gasteiger partial charge in [-0.25, -0.2) is 0 Å². The Bertz CT molecular complexity index is 745.